The van der Waals surface area contributed by atoms with E-state index in [2.05, 4.69) is 21.2 Å². The lowest BCUT2D eigenvalue weighted by atomic mass is 10.1. The molecule has 1 N–H and O–H groups in total. The van der Waals surface area contributed by atoms with Crippen LogP contribution in [0.4, 0.5) is 11.4 Å². The quantitative estimate of drug-likeness (QED) is 0.620. The van der Waals surface area contributed by atoms with E-state index in [1.54, 1.807) is 24.0 Å². The molecule has 1 saturated heterocycles. The van der Waals surface area contributed by atoms with E-state index < -0.39 is 24.4 Å². The molecule has 0 spiro atoms. The first kappa shape index (κ1) is 22.3. The van der Waals surface area contributed by atoms with Gasteiger partial charge in [0.2, 0.25) is 5.91 Å². The van der Waals surface area contributed by atoms with Crippen molar-refractivity contribution >= 4 is 56.7 Å². The first-order valence-electron chi connectivity index (χ1n) is 9.45. The summed E-state index contributed by atoms with van der Waals surface area (Å²) in [6, 6.07) is 9.29. The zero-order valence-corrected chi connectivity index (χ0v) is 19.3. The fourth-order valence-electron chi connectivity index (χ4n) is 3.45. The minimum absolute atomic E-state index is 0.0644. The first-order valence-corrected chi connectivity index (χ1v) is 10.6. The van der Waals surface area contributed by atoms with E-state index in [4.69, 9.17) is 16.3 Å². The summed E-state index contributed by atoms with van der Waals surface area (Å²) in [6.07, 6.45) is 0.0644. The number of anilines is 2. The summed E-state index contributed by atoms with van der Waals surface area (Å²) in [6.45, 7) is 5.51. The number of benzene rings is 2. The van der Waals surface area contributed by atoms with Gasteiger partial charge in [0.15, 0.2) is 6.61 Å². The van der Waals surface area contributed by atoms with Crippen LogP contribution in [0, 0.1) is 26.7 Å². The van der Waals surface area contributed by atoms with Gasteiger partial charge in [0.25, 0.3) is 5.91 Å². The normalized spacial score (nSPS) is 16.0. The third-order valence-electron chi connectivity index (χ3n) is 4.94. The predicted octanol–water partition coefficient (Wildman–Crippen LogP) is 4.56. The third kappa shape index (κ3) is 5.02. The van der Waals surface area contributed by atoms with Crippen LogP contribution in [0.3, 0.4) is 0 Å². The molecule has 158 valence electrons. The zero-order chi connectivity index (χ0) is 22.0. The number of hydrogen-bond acceptors (Lipinski definition) is 4. The van der Waals surface area contributed by atoms with Crippen molar-refractivity contribution in [3.05, 3.63) is 56.5 Å². The predicted molar refractivity (Wildman–Crippen MR) is 120 cm³/mol. The van der Waals surface area contributed by atoms with Crippen LogP contribution in [0.1, 0.15) is 23.1 Å². The number of carbonyl (C=O) groups excluding carboxylic acids is 3. The largest absolute Gasteiger partial charge is 0.455 e. The van der Waals surface area contributed by atoms with Crippen molar-refractivity contribution in [2.24, 2.45) is 5.92 Å². The molecule has 8 heteroatoms. The van der Waals surface area contributed by atoms with Gasteiger partial charge in [-0.15, -0.1) is 0 Å². The average molecular weight is 494 g/mol. The summed E-state index contributed by atoms with van der Waals surface area (Å²) in [7, 11) is 0. The Bertz CT molecular complexity index is 1000. The molecule has 6 nitrogen and oxygen atoms in total. The van der Waals surface area contributed by atoms with Crippen molar-refractivity contribution in [2.45, 2.75) is 27.2 Å². The summed E-state index contributed by atoms with van der Waals surface area (Å²) in [4.78, 5) is 38.6. The number of rotatable bonds is 5. The Morgan fingerprint density at radius 1 is 1.20 bits per heavy atom. The third-order valence-corrected chi connectivity index (χ3v) is 6.31. The molecule has 0 aromatic heterocycles. The van der Waals surface area contributed by atoms with Gasteiger partial charge in [-0.05, 0) is 77.7 Å². The van der Waals surface area contributed by atoms with Crippen LogP contribution in [0.15, 0.2) is 34.8 Å². The van der Waals surface area contributed by atoms with E-state index in [-0.39, 0.29) is 18.9 Å². The van der Waals surface area contributed by atoms with Gasteiger partial charge in [0, 0.05) is 28.8 Å². The smallest absolute Gasteiger partial charge is 0.311 e. The van der Waals surface area contributed by atoms with Crippen molar-refractivity contribution in [2.75, 3.05) is 23.4 Å². The van der Waals surface area contributed by atoms with Gasteiger partial charge < -0.3 is 15.0 Å². The minimum atomic E-state index is -0.602. The molecule has 0 unspecified atom stereocenters. The Balaban J connectivity index is 1.57. The highest BCUT2D eigenvalue weighted by molar-refractivity contribution is 9.10. The number of ether oxygens (including phenoxy) is 1. The van der Waals surface area contributed by atoms with E-state index in [0.717, 1.165) is 21.3 Å². The highest BCUT2D eigenvalue weighted by Gasteiger charge is 2.36. The van der Waals surface area contributed by atoms with Gasteiger partial charge in [-0.25, -0.2) is 0 Å². The van der Waals surface area contributed by atoms with Gasteiger partial charge in [-0.3, -0.25) is 14.4 Å². The number of carbonyl (C=O) groups is 3. The van der Waals surface area contributed by atoms with Crippen molar-refractivity contribution in [3.8, 4) is 0 Å². The molecule has 1 atom stereocenters. The molecule has 1 aliphatic heterocycles. The molecular weight excluding hydrogens is 472 g/mol. The number of esters is 1. The number of halogens is 2. The second-order valence-corrected chi connectivity index (χ2v) is 8.67. The maximum atomic E-state index is 12.4. The summed E-state index contributed by atoms with van der Waals surface area (Å²) in [5, 5.41) is 3.18. The van der Waals surface area contributed by atoms with E-state index in [0.29, 0.717) is 16.3 Å². The van der Waals surface area contributed by atoms with E-state index in [1.807, 2.05) is 32.0 Å². The van der Waals surface area contributed by atoms with Crippen LogP contribution in [-0.4, -0.2) is 30.9 Å². The molecule has 2 aromatic rings. The monoisotopic (exact) mass is 492 g/mol. The molecule has 3 rings (SSSR count). The van der Waals surface area contributed by atoms with Crippen molar-refractivity contribution in [1.29, 1.82) is 0 Å². The molecule has 0 bridgehead atoms. The lowest BCUT2D eigenvalue weighted by Gasteiger charge is -2.18. The molecule has 0 radical (unpaired) electrons. The molecule has 2 amide bonds. The fourth-order valence-corrected chi connectivity index (χ4v) is 4.04. The first-order chi connectivity index (χ1) is 14.2. The Kier molecular flexibility index (Phi) is 6.83. The second-order valence-electron chi connectivity index (χ2n) is 7.44. The highest BCUT2D eigenvalue weighted by Crippen LogP contribution is 2.31. The summed E-state index contributed by atoms with van der Waals surface area (Å²) in [5.41, 5.74) is 4.11. The molecule has 0 aliphatic carbocycles. The average Bonchev–Trinajstić information content (AvgIpc) is 3.07. The number of amides is 2. The van der Waals surface area contributed by atoms with Crippen LogP contribution < -0.4 is 10.2 Å². The topological polar surface area (TPSA) is 75.7 Å². The zero-order valence-electron chi connectivity index (χ0n) is 16.9. The standard InChI is InChI=1S/C22H22BrClN2O4/c1-12-6-13(2)8-16(7-12)26-10-15(9-20(26)28)22(29)30-11-19(27)25-18-5-4-17(23)21(24)14(18)3/h4-8,15H,9-11H2,1-3H3,(H,25,27)/t15-/m0/s1. The molecular formula is C22H22BrClN2O4. The Labute approximate surface area is 188 Å². The van der Waals surface area contributed by atoms with Gasteiger partial charge in [0.1, 0.15) is 0 Å². The van der Waals surface area contributed by atoms with Crippen LogP contribution >= 0.6 is 27.5 Å². The lowest BCUT2D eigenvalue weighted by molar-refractivity contribution is -0.151. The molecule has 2 aromatic carbocycles. The Hall–Kier alpha value is -2.38. The maximum Gasteiger partial charge on any atom is 0.311 e. The minimum Gasteiger partial charge on any atom is -0.455 e. The van der Waals surface area contributed by atoms with Crippen LogP contribution in [0.2, 0.25) is 5.02 Å². The number of nitrogens with one attached hydrogen (secondary N) is 1. The van der Waals surface area contributed by atoms with Crippen LogP contribution in [0.25, 0.3) is 0 Å². The second kappa shape index (κ2) is 9.18. The van der Waals surface area contributed by atoms with Crippen LogP contribution in [-0.2, 0) is 19.1 Å². The van der Waals surface area contributed by atoms with Crippen molar-refractivity contribution in [3.63, 3.8) is 0 Å². The number of nitrogens with zero attached hydrogens (tertiary/aromatic N) is 1. The molecule has 1 heterocycles. The van der Waals surface area contributed by atoms with Gasteiger partial charge >= 0.3 is 5.97 Å². The fraction of sp³-hybridized carbons (Fsp3) is 0.318. The molecule has 30 heavy (non-hydrogen) atoms. The Morgan fingerprint density at radius 3 is 2.53 bits per heavy atom. The van der Waals surface area contributed by atoms with Crippen molar-refractivity contribution < 1.29 is 19.1 Å². The van der Waals surface area contributed by atoms with E-state index in [9.17, 15) is 14.4 Å². The Morgan fingerprint density at radius 2 is 1.87 bits per heavy atom. The molecule has 1 aliphatic rings. The molecule has 0 saturated carbocycles. The van der Waals surface area contributed by atoms with E-state index >= 15 is 0 Å². The summed E-state index contributed by atoms with van der Waals surface area (Å²) >= 11 is 9.48. The SMILES string of the molecule is Cc1cc(C)cc(N2C[C@@H](C(=O)OCC(=O)Nc3ccc(Br)c(Cl)c3C)CC2=O)c1. The van der Waals surface area contributed by atoms with Gasteiger partial charge in [0.05, 0.1) is 10.9 Å². The van der Waals surface area contributed by atoms with Gasteiger partial charge in [-0.2, -0.15) is 0 Å². The van der Waals surface area contributed by atoms with Gasteiger partial charge in [-0.1, -0.05) is 17.7 Å². The summed E-state index contributed by atoms with van der Waals surface area (Å²) < 4.78 is 5.89. The maximum absolute atomic E-state index is 12.4. The number of hydrogen-bond donors (Lipinski definition) is 1. The number of aryl methyl sites for hydroxylation is 2. The molecule has 1 fully saturated rings. The lowest BCUT2D eigenvalue weighted by Crippen LogP contribution is -2.28. The highest BCUT2D eigenvalue weighted by atomic mass is 79.9. The summed E-state index contributed by atoms with van der Waals surface area (Å²) in [5.74, 6) is -1.77. The van der Waals surface area contributed by atoms with E-state index in [1.165, 1.54) is 0 Å². The van der Waals surface area contributed by atoms with Crippen molar-refractivity contribution in [1.82, 2.24) is 0 Å². The van der Waals surface area contributed by atoms with Crippen LogP contribution in [0.5, 0.6) is 0 Å².